The summed E-state index contributed by atoms with van der Waals surface area (Å²) in [7, 11) is -1.39. The Bertz CT molecular complexity index is 936. The average Bonchev–Trinajstić information content (AvgIpc) is 3.19. The topological polar surface area (TPSA) is 84.2 Å². The van der Waals surface area contributed by atoms with E-state index < -0.39 is 9.84 Å². The molecule has 0 radical (unpaired) electrons. The van der Waals surface area contributed by atoms with Crippen molar-refractivity contribution in [2.75, 3.05) is 31.3 Å². The number of piperazine rings is 1. The minimum Gasteiger partial charge on any atom is -0.351 e. The number of rotatable bonds is 3. The van der Waals surface area contributed by atoms with Crippen LogP contribution in [-0.4, -0.2) is 71.5 Å². The van der Waals surface area contributed by atoms with Gasteiger partial charge in [0.05, 0.1) is 5.69 Å². The van der Waals surface area contributed by atoms with Gasteiger partial charge in [-0.1, -0.05) is 0 Å². The van der Waals surface area contributed by atoms with E-state index in [2.05, 4.69) is 31.9 Å². The van der Waals surface area contributed by atoms with E-state index in [-0.39, 0.29) is 5.16 Å². The molecule has 4 heterocycles. The Labute approximate surface area is 147 Å². The quantitative estimate of drug-likeness (QED) is 0.738. The van der Waals surface area contributed by atoms with Gasteiger partial charge in [-0.05, 0) is 33.4 Å². The van der Waals surface area contributed by atoms with Crippen molar-refractivity contribution in [1.82, 2.24) is 24.6 Å². The lowest BCUT2D eigenvalue weighted by Gasteiger charge is -2.33. The Balaban J connectivity index is 1.82. The predicted molar refractivity (Wildman–Crippen MR) is 93.9 cm³/mol. The summed E-state index contributed by atoms with van der Waals surface area (Å²) < 4.78 is 25.9. The fourth-order valence-corrected chi connectivity index (χ4v) is 4.35. The predicted octanol–water partition coefficient (Wildman–Crippen LogP) is 0.575. The van der Waals surface area contributed by atoms with Gasteiger partial charge in [-0.25, -0.2) is 18.1 Å². The van der Waals surface area contributed by atoms with Crippen LogP contribution in [0.1, 0.15) is 17.8 Å². The molecule has 4 rings (SSSR count). The van der Waals surface area contributed by atoms with Crippen molar-refractivity contribution in [2.45, 2.75) is 37.5 Å². The summed E-state index contributed by atoms with van der Waals surface area (Å²) in [6.07, 6.45) is 2.23. The van der Waals surface area contributed by atoms with Gasteiger partial charge < -0.3 is 4.90 Å². The highest BCUT2D eigenvalue weighted by Gasteiger charge is 2.42. The Morgan fingerprint density at radius 2 is 1.80 bits per heavy atom. The molecule has 8 nitrogen and oxygen atoms in total. The fraction of sp³-hybridized carbons (Fsp3) is 0.562. The minimum absolute atomic E-state index is 0.149. The normalized spacial score (nSPS) is 23.6. The maximum Gasteiger partial charge on any atom is 0.250 e. The number of fused-ring (bicyclic) bond motifs is 2. The van der Waals surface area contributed by atoms with E-state index in [0.717, 1.165) is 37.2 Å². The molecule has 2 aromatic heterocycles. The van der Waals surface area contributed by atoms with E-state index in [0.29, 0.717) is 23.7 Å². The van der Waals surface area contributed by atoms with Gasteiger partial charge in [-0.15, -0.1) is 0 Å². The van der Waals surface area contributed by atoms with Gasteiger partial charge in [-0.2, -0.15) is 10.1 Å². The average molecular weight is 362 g/mol. The van der Waals surface area contributed by atoms with E-state index in [1.54, 1.807) is 4.68 Å². The molecule has 2 atom stereocenters. The Morgan fingerprint density at radius 3 is 2.32 bits per heavy atom. The zero-order valence-corrected chi connectivity index (χ0v) is 15.7. The molecular formula is C16H22N6O2S. The SMILES string of the molecule is Cc1cc(C)n(-c2cc(N3C[C@H]4C[C@@H]3CN4C)nc(S(C)(=O)=O)n2)n1. The Kier molecular flexibility index (Phi) is 3.62. The van der Waals surface area contributed by atoms with E-state index in [4.69, 9.17) is 0 Å². The molecule has 0 N–H and O–H groups in total. The second-order valence-electron chi connectivity index (χ2n) is 7.11. The summed E-state index contributed by atoms with van der Waals surface area (Å²) in [6.45, 7) is 5.66. The van der Waals surface area contributed by atoms with E-state index in [9.17, 15) is 8.42 Å². The summed E-state index contributed by atoms with van der Waals surface area (Å²) in [5.41, 5.74) is 1.77. The number of anilines is 1. The molecule has 2 aromatic rings. The fourth-order valence-electron chi connectivity index (χ4n) is 3.83. The molecule has 2 bridgehead atoms. The van der Waals surface area contributed by atoms with Gasteiger partial charge in [0, 0.05) is 43.2 Å². The largest absolute Gasteiger partial charge is 0.351 e. The number of hydrogen-bond acceptors (Lipinski definition) is 7. The highest BCUT2D eigenvalue weighted by molar-refractivity contribution is 7.90. The molecule has 134 valence electrons. The van der Waals surface area contributed by atoms with Crippen LogP contribution in [0.5, 0.6) is 0 Å². The van der Waals surface area contributed by atoms with Crippen LogP contribution in [-0.2, 0) is 9.84 Å². The maximum absolute atomic E-state index is 12.1. The number of likely N-dealkylation sites (N-methyl/N-ethyl adjacent to an activating group) is 1. The van der Waals surface area contributed by atoms with Crippen LogP contribution in [0.4, 0.5) is 5.82 Å². The third-order valence-electron chi connectivity index (χ3n) is 5.05. The number of aryl methyl sites for hydroxylation is 2. The maximum atomic E-state index is 12.1. The molecule has 2 saturated heterocycles. The van der Waals surface area contributed by atoms with E-state index in [1.165, 1.54) is 0 Å². The van der Waals surface area contributed by atoms with Crippen LogP contribution < -0.4 is 4.90 Å². The van der Waals surface area contributed by atoms with E-state index >= 15 is 0 Å². The van der Waals surface area contributed by atoms with Crippen LogP contribution in [0, 0.1) is 13.8 Å². The van der Waals surface area contributed by atoms with Crippen molar-refractivity contribution in [3.05, 3.63) is 23.5 Å². The number of nitrogens with zero attached hydrogens (tertiary/aromatic N) is 6. The molecule has 0 saturated carbocycles. The first kappa shape index (κ1) is 16.5. The van der Waals surface area contributed by atoms with Gasteiger partial charge in [-0.3, -0.25) is 4.90 Å². The first-order valence-corrected chi connectivity index (χ1v) is 10.2. The second-order valence-corrected chi connectivity index (χ2v) is 9.02. The number of likely N-dealkylation sites (tertiary alicyclic amines) is 1. The van der Waals surface area contributed by atoms with Crippen LogP contribution in [0.15, 0.2) is 17.3 Å². The van der Waals surface area contributed by atoms with Crippen molar-refractivity contribution in [3.8, 4) is 5.82 Å². The molecule has 0 amide bonds. The second kappa shape index (κ2) is 5.50. The van der Waals surface area contributed by atoms with Crippen molar-refractivity contribution in [3.63, 3.8) is 0 Å². The lowest BCUT2D eigenvalue weighted by molar-refractivity contribution is 0.292. The van der Waals surface area contributed by atoms with Crippen molar-refractivity contribution in [1.29, 1.82) is 0 Å². The minimum atomic E-state index is -3.52. The monoisotopic (exact) mass is 362 g/mol. The molecule has 0 aromatic carbocycles. The van der Waals surface area contributed by atoms with Crippen molar-refractivity contribution >= 4 is 15.7 Å². The third kappa shape index (κ3) is 2.81. The van der Waals surface area contributed by atoms with Gasteiger partial charge in [0.2, 0.25) is 9.84 Å². The Hall–Kier alpha value is -2.00. The zero-order chi connectivity index (χ0) is 17.9. The standard InChI is InChI=1S/C16H22N6O2S/c1-10-5-11(2)22(19-10)15-7-14(17-16(18-15)25(4,23)24)21-9-12-6-13(21)8-20(12)3/h5,7,12-13H,6,8-9H2,1-4H3/t12-,13-/m1/s1. The summed E-state index contributed by atoms with van der Waals surface area (Å²) in [5.74, 6) is 1.16. The number of hydrogen-bond donors (Lipinski definition) is 0. The van der Waals surface area contributed by atoms with Gasteiger partial charge in [0.25, 0.3) is 5.16 Å². The van der Waals surface area contributed by atoms with Crippen molar-refractivity contribution < 1.29 is 8.42 Å². The van der Waals surface area contributed by atoms with Gasteiger partial charge in [0.15, 0.2) is 5.82 Å². The molecule has 2 fully saturated rings. The molecular weight excluding hydrogens is 340 g/mol. The number of sulfone groups is 1. The zero-order valence-electron chi connectivity index (χ0n) is 14.8. The van der Waals surface area contributed by atoms with Gasteiger partial charge in [0.1, 0.15) is 5.82 Å². The third-order valence-corrected chi connectivity index (χ3v) is 5.89. The smallest absolute Gasteiger partial charge is 0.250 e. The summed E-state index contributed by atoms with van der Waals surface area (Å²) in [5, 5.41) is 4.29. The summed E-state index contributed by atoms with van der Waals surface area (Å²) >= 11 is 0. The lowest BCUT2D eigenvalue weighted by Crippen LogP contribution is -2.45. The lowest BCUT2D eigenvalue weighted by atomic mass is 10.2. The van der Waals surface area contributed by atoms with Gasteiger partial charge >= 0.3 is 0 Å². The highest BCUT2D eigenvalue weighted by Crippen LogP contribution is 2.33. The molecule has 0 spiro atoms. The van der Waals surface area contributed by atoms with Crippen LogP contribution in [0.3, 0.4) is 0 Å². The summed E-state index contributed by atoms with van der Waals surface area (Å²) in [4.78, 5) is 13.2. The molecule has 2 aliphatic heterocycles. The van der Waals surface area contributed by atoms with Crippen LogP contribution in [0.25, 0.3) is 5.82 Å². The Morgan fingerprint density at radius 1 is 1.08 bits per heavy atom. The first-order chi connectivity index (χ1) is 11.7. The van der Waals surface area contributed by atoms with Crippen LogP contribution in [0.2, 0.25) is 0 Å². The summed E-state index contributed by atoms with van der Waals surface area (Å²) in [6, 6.07) is 4.65. The molecule has 0 unspecified atom stereocenters. The van der Waals surface area contributed by atoms with Crippen LogP contribution >= 0.6 is 0 Å². The molecule has 0 aliphatic carbocycles. The molecule has 9 heteroatoms. The van der Waals surface area contributed by atoms with Crippen molar-refractivity contribution in [2.24, 2.45) is 0 Å². The molecule has 25 heavy (non-hydrogen) atoms. The molecule has 2 aliphatic rings. The number of aromatic nitrogens is 4. The van der Waals surface area contributed by atoms with E-state index in [1.807, 2.05) is 26.0 Å². The first-order valence-electron chi connectivity index (χ1n) is 8.32. The highest BCUT2D eigenvalue weighted by atomic mass is 32.2.